The molecule has 1 fully saturated rings. The van der Waals surface area contributed by atoms with E-state index in [1.807, 2.05) is 0 Å². The molecule has 0 aliphatic carbocycles. The zero-order chi connectivity index (χ0) is 36.3. The zero-order valence-electron chi connectivity index (χ0n) is 24.0. The summed E-state index contributed by atoms with van der Waals surface area (Å²) in [6, 6.07) is 5.11. The highest BCUT2D eigenvalue weighted by molar-refractivity contribution is 7.89. The molecule has 0 saturated carbocycles. The van der Waals surface area contributed by atoms with E-state index in [1.54, 1.807) is 0 Å². The van der Waals surface area contributed by atoms with E-state index in [2.05, 4.69) is 24.4 Å². The van der Waals surface area contributed by atoms with Gasteiger partial charge in [-0.2, -0.15) is 31.2 Å². The van der Waals surface area contributed by atoms with Crippen molar-refractivity contribution in [1.29, 1.82) is 0 Å². The molecule has 23 heteroatoms. The number of hydrogen-bond acceptors (Lipinski definition) is 10. The molecular formula is C26H20F9N6O6S2-. The minimum Gasteiger partial charge on any atom is -0.674 e. The van der Waals surface area contributed by atoms with E-state index in [0.717, 1.165) is 53.9 Å². The summed E-state index contributed by atoms with van der Waals surface area (Å²) in [5.41, 5.74) is 7.06. The number of nitrogens with zero attached hydrogens (tertiary/aromatic N) is 5. The number of halogens is 9. The lowest BCUT2D eigenvalue weighted by molar-refractivity contribution is -0.274. The van der Waals surface area contributed by atoms with Crippen LogP contribution in [0.4, 0.5) is 44.6 Å². The van der Waals surface area contributed by atoms with Gasteiger partial charge in [0.05, 0.1) is 15.8 Å². The number of alkyl halides is 8. The van der Waals surface area contributed by atoms with Gasteiger partial charge < -0.3 is 25.2 Å². The van der Waals surface area contributed by atoms with E-state index in [9.17, 15) is 57.8 Å². The summed E-state index contributed by atoms with van der Waals surface area (Å²) < 4.78 is 146. The summed E-state index contributed by atoms with van der Waals surface area (Å²) in [6.45, 7) is -3.95. The van der Waals surface area contributed by atoms with Crippen molar-refractivity contribution in [3.8, 4) is 11.5 Å². The highest BCUT2D eigenvalue weighted by atomic mass is 32.2. The SMILES string of the molecule is O=C(O)[C@H]1CN(c2nc3nc(C(F)(F)F)ncc3s2)CCN1S(=O)(=O)c1ccc(OC(F)(F)F)cc1.[NH-]Cc1ccc(OC(F)F)c(F)c1. The van der Waals surface area contributed by atoms with E-state index in [4.69, 9.17) is 5.73 Å². The largest absolute Gasteiger partial charge is 0.674 e. The van der Waals surface area contributed by atoms with Crippen LogP contribution in [0.3, 0.4) is 0 Å². The Hall–Kier alpha value is -4.48. The Labute approximate surface area is 273 Å². The van der Waals surface area contributed by atoms with Crippen LogP contribution in [0.15, 0.2) is 53.6 Å². The van der Waals surface area contributed by atoms with E-state index in [-0.39, 0.29) is 35.1 Å². The number of aromatic nitrogens is 3. The van der Waals surface area contributed by atoms with Gasteiger partial charge in [-0.1, -0.05) is 23.0 Å². The number of anilines is 1. The molecule has 1 saturated heterocycles. The molecule has 0 radical (unpaired) electrons. The first-order valence-corrected chi connectivity index (χ1v) is 15.5. The molecule has 1 atom stereocenters. The highest BCUT2D eigenvalue weighted by Crippen LogP contribution is 2.33. The van der Waals surface area contributed by atoms with Crippen LogP contribution in [0.2, 0.25) is 0 Å². The Kier molecular flexibility index (Phi) is 11.1. The number of rotatable bonds is 8. The maximum Gasteiger partial charge on any atom is 0.573 e. The Morgan fingerprint density at radius 3 is 2.29 bits per heavy atom. The summed E-state index contributed by atoms with van der Waals surface area (Å²) >= 11 is 0.904. The average molecular weight is 748 g/mol. The normalized spacial score (nSPS) is 16.0. The van der Waals surface area contributed by atoms with Crippen molar-refractivity contribution in [3.63, 3.8) is 0 Å². The van der Waals surface area contributed by atoms with Gasteiger partial charge >= 0.3 is 25.1 Å². The number of carboxylic acids is 1. The fourth-order valence-electron chi connectivity index (χ4n) is 4.22. The lowest BCUT2D eigenvalue weighted by atomic mass is 10.2. The highest BCUT2D eigenvalue weighted by Gasteiger charge is 2.41. The molecule has 5 rings (SSSR count). The Bertz CT molecular complexity index is 1890. The van der Waals surface area contributed by atoms with Crippen LogP contribution in [0.1, 0.15) is 11.4 Å². The number of aliphatic carboxylic acids is 1. The number of benzene rings is 2. The van der Waals surface area contributed by atoms with Gasteiger partial charge in [0.1, 0.15) is 11.8 Å². The number of carboxylic acid groups (broad SMARTS) is 1. The van der Waals surface area contributed by atoms with Gasteiger partial charge in [0.2, 0.25) is 15.8 Å². The summed E-state index contributed by atoms with van der Waals surface area (Å²) in [5.74, 6) is -4.93. The van der Waals surface area contributed by atoms with Gasteiger partial charge in [0, 0.05) is 19.6 Å². The number of ether oxygens (including phenoxy) is 2. The van der Waals surface area contributed by atoms with Crippen molar-refractivity contribution in [1.82, 2.24) is 19.3 Å². The molecule has 2 aromatic heterocycles. The van der Waals surface area contributed by atoms with Gasteiger partial charge in [-0.05, 0) is 36.4 Å². The molecule has 4 aromatic rings. The quantitative estimate of drug-likeness (QED) is 0.214. The molecule has 12 nitrogen and oxygen atoms in total. The van der Waals surface area contributed by atoms with Gasteiger partial charge in [-0.3, -0.25) is 4.79 Å². The molecule has 2 aromatic carbocycles. The van der Waals surface area contributed by atoms with Gasteiger partial charge in [0.25, 0.3) is 0 Å². The molecule has 3 heterocycles. The number of sulfonamides is 1. The predicted octanol–water partition coefficient (Wildman–Crippen LogP) is 5.95. The van der Waals surface area contributed by atoms with Crippen LogP contribution in [-0.4, -0.2) is 77.4 Å². The Morgan fingerprint density at radius 1 is 1.06 bits per heavy atom. The molecule has 0 unspecified atom stereocenters. The molecule has 0 bridgehead atoms. The van der Waals surface area contributed by atoms with Crippen LogP contribution < -0.4 is 14.4 Å². The van der Waals surface area contributed by atoms with Crippen LogP contribution in [0.25, 0.3) is 16.1 Å². The summed E-state index contributed by atoms with van der Waals surface area (Å²) in [5, 5.41) is 9.80. The maximum atomic E-state index is 13.1. The summed E-state index contributed by atoms with van der Waals surface area (Å²) in [6.07, 6.45) is -8.83. The van der Waals surface area contributed by atoms with Crippen LogP contribution >= 0.6 is 11.3 Å². The minimum atomic E-state index is -4.98. The van der Waals surface area contributed by atoms with Gasteiger partial charge in [-0.25, -0.2) is 22.8 Å². The topological polar surface area (TPSA) is 159 Å². The first-order valence-electron chi connectivity index (χ1n) is 13.2. The Balaban J connectivity index is 0.000000350. The first kappa shape index (κ1) is 37.3. The standard InChI is InChI=1S/C18H13F6N5O5S2.C8H7F3NO/c19-17(20,21)15-25-7-12-13(26-15)27-16(35-12)28-5-6-29(11(8-28)14(30)31)36(32,33)10-3-1-9(2-4-10)34-18(22,23)24;9-6-3-5(4-12)1-2-7(6)13-8(10)11/h1-4,7,11H,5-6,8H2,(H,30,31);1-3,8,12H,4H2/q;-1/t11-;/m1./s1. The van der Waals surface area contributed by atoms with Crippen molar-refractivity contribution < 1.29 is 67.3 Å². The Morgan fingerprint density at radius 2 is 1.73 bits per heavy atom. The number of hydrogen-bond donors (Lipinski definition) is 1. The van der Waals surface area contributed by atoms with Crippen molar-refractivity contribution in [2.75, 3.05) is 24.5 Å². The first-order chi connectivity index (χ1) is 22.8. The van der Waals surface area contributed by atoms with E-state index in [0.29, 0.717) is 9.87 Å². The predicted molar refractivity (Wildman–Crippen MR) is 152 cm³/mol. The zero-order valence-corrected chi connectivity index (χ0v) is 25.7. The van der Waals surface area contributed by atoms with E-state index < -0.39 is 75.8 Å². The van der Waals surface area contributed by atoms with E-state index >= 15 is 0 Å². The molecular weight excluding hydrogens is 727 g/mol. The number of piperazine rings is 1. The second-order valence-corrected chi connectivity index (χ2v) is 12.5. The summed E-state index contributed by atoms with van der Waals surface area (Å²) in [7, 11) is -4.44. The van der Waals surface area contributed by atoms with Crippen molar-refractivity contribution in [2.45, 2.75) is 36.6 Å². The third-order valence-electron chi connectivity index (χ3n) is 6.36. The molecule has 1 aliphatic heterocycles. The minimum absolute atomic E-state index is 0.0718. The number of nitrogens with one attached hydrogen (secondary N) is 1. The molecule has 0 amide bonds. The fraction of sp³-hybridized carbons (Fsp3) is 0.308. The second kappa shape index (κ2) is 14.6. The van der Waals surface area contributed by atoms with Crippen molar-refractivity contribution in [2.24, 2.45) is 0 Å². The lowest BCUT2D eigenvalue weighted by Crippen LogP contribution is -2.58. The number of fused-ring (bicyclic) bond motifs is 1. The lowest BCUT2D eigenvalue weighted by Gasteiger charge is -2.38. The van der Waals surface area contributed by atoms with Crippen LogP contribution in [-0.2, 0) is 27.5 Å². The fourth-order valence-corrected chi connectivity index (χ4v) is 6.70. The van der Waals surface area contributed by atoms with Crippen LogP contribution in [0, 0.1) is 5.82 Å². The van der Waals surface area contributed by atoms with Gasteiger partial charge in [-0.15, -0.1) is 19.7 Å². The number of thiazole rings is 1. The maximum absolute atomic E-state index is 13.1. The smallest absolute Gasteiger partial charge is 0.573 e. The average Bonchev–Trinajstić information content (AvgIpc) is 3.45. The second-order valence-electron chi connectivity index (χ2n) is 9.63. The van der Waals surface area contributed by atoms with Crippen molar-refractivity contribution in [3.05, 3.63) is 71.6 Å². The molecule has 266 valence electrons. The molecule has 2 N–H and O–H groups in total. The monoisotopic (exact) mass is 747 g/mol. The number of carbonyl (C=O) groups is 1. The van der Waals surface area contributed by atoms with E-state index in [1.165, 1.54) is 11.0 Å². The molecule has 1 aliphatic rings. The van der Waals surface area contributed by atoms with Gasteiger partial charge in [0.15, 0.2) is 22.3 Å². The third kappa shape index (κ3) is 9.36. The third-order valence-corrected chi connectivity index (χ3v) is 9.32. The van der Waals surface area contributed by atoms with Crippen LogP contribution in [0.5, 0.6) is 11.5 Å². The molecule has 0 spiro atoms. The summed E-state index contributed by atoms with van der Waals surface area (Å²) in [4.78, 5) is 23.5. The molecule has 49 heavy (non-hydrogen) atoms. The van der Waals surface area contributed by atoms with Crippen molar-refractivity contribution >= 4 is 42.8 Å².